The summed E-state index contributed by atoms with van der Waals surface area (Å²) in [5.74, 6) is -0.105. The topological polar surface area (TPSA) is 49.4 Å². The van der Waals surface area contributed by atoms with E-state index in [0.717, 1.165) is 22.1 Å². The number of benzene rings is 1. The molecule has 18 heavy (non-hydrogen) atoms. The van der Waals surface area contributed by atoms with Crippen molar-refractivity contribution < 1.29 is 9.59 Å². The Morgan fingerprint density at radius 1 is 1.17 bits per heavy atom. The van der Waals surface area contributed by atoms with Crippen LogP contribution in [0.3, 0.4) is 0 Å². The summed E-state index contributed by atoms with van der Waals surface area (Å²) in [7, 11) is 0. The van der Waals surface area contributed by atoms with Crippen LogP contribution in [0.1, 0.15) is 19.3 Å². The van der Waals surface area contributed by atoms with Crippen molar-refractivity contribution in [1.82, 2.24) is 4.90 Å². The molecule has 1 saturated heterocycles. The number of amides is 2. The van der Waals surface area contributed by atoms with Gasteiger partial charge in [0.1, 0.15) is 6.04 Å². The zero-order valence-corrected chi connectivity index (χ0v) is 11.9. The summed E-state index contributed by atoms with van der Waals surface area (Å²) >= 11 is 2.23. The molecule has 94 valence electrons. The Hall–Kier alpha value is -1.11. The second kappa shape index (κ2) is 4.53. The summed E-state index contributed by atoms with van der Waals surface area (Å²) in [6.45, 7) is 0. The van der Waals surface area contributed by atoms with Crippen molar-refractivity contribution in [3.05, 3.63) is 27.8 Å². The van der Waals surface area contributed by atoms with Gasteiger partial charge in [0.25, 0.3) is 5.91 Å². The van der Waals surface area contributed by atoms with E-state index in [1.165, 1.54) is 4.90 Å². The number of nitrogens with zero attached hydrogens (tertiary/aromatic N) is 1. The zero-order valence-electron chi connectivity index (χ0n) is 9.73. The minimum absolute atomic E-state index is 0.0366. The number of halogens is 1. The third kappa shape index (κ3) is 2.23. The molecule has 1 N–H and O–H groups in total. The van der Waals surface area contributed by atoms with Crippen molar-refractivity contribution >= 4 is 40.1 Å². The Balaban J connectivity index is 1.72. The summed E-state index contributed by atoms with van der Waals surface area (Å²) in [6.07, 6.45) is 2.21. The van der Waals surface area contributed by atoms with E-state index in [-0.39, 0.29) is 24.3 Å². The van der Waals surface area contributed by atoms with Crippen LogP contribution in [0, 0.1) is 3.57 Å². The third-order valence-electron chi connectivity index (χ3n) is 3.28. The lowest BCUT2D eigenvalue weighted by Crippen LogP contribution is -2.36. The quantitative estimate of drug-likeness (QED) is 0.666. The highest BCUT2D eigenvalue weighted by atomic mass is 127. The second-order valence-electron chi connectivity index (χ2n) is 4.74. The molecule has 1 aromatic rings. The summed E-state index contributed by atoms with van der Waals surface area (Å²) in [5, 5.41) is 3.15. The van der Waals surface area contributed by atoms with Gasteiger partial charge in [-0.15, -0.1) is 0 Å². The molecule has 5 heteroatoms. The van der Waals surface area contributed by atoms with Crippen molar-refractivity contribution in [2.24, 2.45) is 0 Å². The molecule has 1 saturated carbocycles. The molecule has 2 amide bonds. The minimum Gasteiger partial charge on any atom is -0.373 e. The molecular weight excluding hydrogens is 343 g/mol. The van der Waals surface area contributed by atoms with Crippen LogP contribution in [-0.4, -0.2) is 28.8 Å². The maximum absolute atomic E-state index is 12.1. The molecule has 2 aliphatic rings. The van der Waals surface area contributed by atoms with Gasteiger partial charge in [-0.3, -0.25) is 14.5 Å². The van der Waals surface area contributed by atoms with Gasteiger partial charge in [0, 0.05) is 15.3 Å². The van der Waals surface area contributed by atoms with Crippen molar-refractivity contribution in [2.45, 2.75) is 31.3 Å². The highest BCUT2D eigenvalue weighted by Gasteiger charge is 2.45. The summed E-state index contributed by atoms with van der Waals surface area (Å²) in [4.78, 5) is 25.3. The van der Waals surface area contributed by atoms with E-state index in [0.29, 0.717) is 0 Å². The first-order valence-corrected chi connectivity index (χ1v) is 7.11. The van der Waals surface area contributed by atoms with Gasteiger partial charge in [0.2, 0.25) is 5.91 Å². The van der Waals surface area contributed by atoms with E-state index in [9.17, 15) is 9.59 Å². The van der Waals surface area contributed by atoms with Gasteiger partial charge in [-0.05, 0) is 59.7 Å². The van der Waals surface area contributed by atoms with E-state index in [2.05, 4.69) is 27.9 Å². The average Bonchev–Trinajstić information content (AvgIpc) is 3.12. The molecule has 3 rings (SSSR count). The van der Waals surface area contributed by atoms with Crippen molar-refractivity contribution in [1.29, 1.82) is 0 Å². The zero-order chi connectivity index (χ0) is 12.7. The standard InChI is InChI=1S/C13H13IN2O2/c14-8-1-3-9(4-2-8)15-11-7-12(17)16(13(11)18)10-5-6-10/h1-4,10-11,15H,5-7H2. The Kier molecular flexibility index (Phi) is 3.01. The second-order valence-corrected chi connectivity index (χ2v) is 5.99. The van der Waals surface area contributed by atoms with Crippen LogP contribution in [0.2, 0.25) is 0 Å². The van der Waals surface area contributed by atoms with Crippen LogP contribution in [0.5, 0.6) is 0 Å². The third-order valence-corrected chi connectivity index (χ3v) is 4.00. The summed E-state index contributed by atoms with van der Waals surface area (Å²) in [6, 6.07) is 7.59. The SMILES string of the molecule is O=C1CC(Nc2ccc(I)cc2)C(=O)N1C1CC1. The van der Waals surface area contributed by atoms with Crippen LogP contribution in [0.25, 0.3) is 0 Å². The smallest absolute Gasteiger partial charge is 0.252 e. The number of imide groups is 1. The number of hydrogen-bond donors (Lipinski definition) is 1. The molecule has 0 aromatic heterocycles. The van der Waals surface area contributed by atoms with E-state index in [4.69, 9.17) is 0 Å². The molecule has 1 heterocycles. The van der Waals surface area contributed by atoms with E-state index in [1.54, 1.807) is 0 Å². The number of likely N-dealkylation sites (tertiary alicyclic amines) is 1. The van der Waals surface area contributed by atoms with Gasteiger partial charge >= 0.3 is 0 Å². The fourth-order valence-corrected chi connectivity index (χ4v) is 2.59. The number of rotatable bonds is 3. The summed E-state index contributed by atoms with van der Waals surface area (Å²) in [5.41, 5.74) is 0.888. The largest absolute Gasteiger partial charge is 0.373 e. The van der Waals surface area contributed by atoms with E-state index < -0.39 is 6.04 Å². The van der Waals surface area contributed by atoms with E-state index >= 15 is 0 Å². The van der Waals surface area contributed by atoms with Gasteiger partial charge in [0.05, 0.1) is 6.42 Å². The fourth-order valence-electron chi connectivity index (χ4n) is 2.23. The van der Waals surface area contributed by atoms with Crippen LogP contribution < -0.4 is 5.32 Å². The first kappa shape index (κ1) is 12.0. The molecule has 1 unspecified atom stereocenters. The average molecular weight is 356 g/mol. The van der Waals surface area contributed by atoms with Crippen molar-refractivity contribution in [2.75, 3.05) is 5.32 Å². The molecule has 1 aromatic carbocycles. The first-order valence-electron chi connectivity index (χ1n) is 6.03. The normalized spacial score (nSPS) is 23.6. The Morgan fingerprint density at radius 2 is 1.83 bits per heavy atom. The highest BCUT2D eigenvalue weighted by Crippen LogP contribution is 2.32. The maximum atomic E-state index is 12.1. The van der Waals surface area contributed by atoms with Gasteiger partial charge in [-0.2, -0.15) is 0 Å². The minimum atomic E-state index is -0.391. The molecule has 0 radical (unpaired) electrons. The molecule has 4 nitrogen and oxygen atoms in total. The Labute approximate surface area is 119 Å². The molecular formula is C13H13IN2O2. The Morgan fingerprint density at radius 3 is 2.44 bits per heavy atom. The van der Waals surface area contributed by atoms with Gasteiger partial charge in [0.15, 0.2) is 0 Å². The molecule has 0 spiro atoms. The lowest BCUT2D eigenvalue weighted by Gasteiger charge is -2.15. The molecule has 1 aliphatic carbocycles. The van der Waals surface area contributed by atoms with Crippen LogP contribution in [-0.2, 0) is 9.59 Å². The van der Waals surface area contributed by atoms with Crippen LogP contribution >= 0.6 is 22.6 Å². The maximum Gasteiger partial charge on any atom is 0.252 e. The van der Waals surface area contributed by atoms with Crippen LogP contribution in [0.15, 0.2) is 24.3 Å². The van der Waals surface area contributed by atoms with Crippen LogP contribution in [0.4, 0.5) is 5.69 Å². The predicted molar refractivity (Wildman–Crippen MR) is 76.1 cm³/mol. The predicted octanol–water partition coefficient (Wildman–Crippen LogP) is 1.99. The Bertz CT molecular complexity index is 496. The number of carbonyl (C=O) groups is 2. The monoisotopic (exact) mass is 356 g/mol. The van der Waals surface area contributed by atoms with Crippen molar-refractivity contribution in [3.63, 3.8) is 0 Å². The van der Waals surface area contributed by atoms with E-state index in [1.807, 2.05) is 24.3 Å². The van der Waals surface area contributed by atoms with Gasteiger partial charge in [-0.25, -0.2) is 0 Å². The molecule has 1 atom stereocenters. The first-order chi connectivity index (χ1) is 8.65. The molecule has 1 aliphatic heterocycles. The number of carbonyl (C=O) groups excluding carboxylic acids is 2. The highest BCUT2D eigenvalue weighted by molar-refractivity contribution is 14.1. The van der Waals surface area contributed by atoms with Gasteiger partial charge < -0.3 is 5.32 Å². The fraction of sp³-hybridized carbons (Fsp3) is 0.385. The number of nitrogens with one attached hydrogen (secondary N) is 1. The number of hydrogen-bond acceptors (Lipinski definition) is 3. The van der Waals surface area contributed by atoms with Gasteiger partial charge in [-0.1, -0.05) is 0 Å². The lowest BCUT2D eigenvalue weighted by molar-refractivity contribution is -0.139. The lowest BCUT2D eigenvalue weighted by atomic mass is 10.2. The molecule has 2 fully saturated rings. The molecule has 0 bridgehead atoms. The van der Waals surface area contributed by atoms with Crippen molar-refractivity contribution in [3.8, 4) is 0 Å². The summed E-state index contributed by atoms with van der Waals surface area (Å²) < 4.78 is 1.14. The number of anilines is 1.